The Morgan fingerprint density at radius 1 is 1.14 bits per heavy atom. The number of amides is 1. The number of benzene rings is 2. The van der Waals surface area contributed by atoms with Crippen LogP contribution in [0.2, 0.25) is 0 Å². The lowest BCUT2D eigenvalue weighted by Gasteiger charge is -2.49. The van der Waals surface area contributed by atoms with E-state index in [4.69, 9.17) is 4.74 Å². The number of allylic oxidation sites excluding steroid dienone is 2. The summed E-state index contributed by atoms with van der Waals surface area (Å²) in [5.74, 6) is -0.0831. The molecular formula is C30H31N3O3. The Balaban J connectivity index is 1.75. The first kappa shape index (κ1) is 21.7. The number of carbonyl (C=O) groups is 2. The number of fused-ring (bicyclic) bond motifs is 9. The van der Waals surface area contributed by atoms with Gasteiger partial charge >= 0.3 is 5.97 Å². The fraction of sp³-hybridized carbons (Fsp3) is 0.400. The molecule has 0 saturated carbocycles. The third kappa shape index (κ3) is 2.29. The molecule has 3 aromatic rings. The SMILES string of the molecule is COC(=O)[C@@]1(C)C[C@@H](C)N2c3c(c4c(c5c6ccccc6n(c35)C1(C)C)CNC4=O)C1C=CC=CC12. The molecule has 2 unspecified atom stereocenters. The predicted molar refractivity (Wildman–Crippen MR) is 141 cm³/mol. The molecule has 1 aromatic heterocycles. The molecule has 184 valence electrons. The van der Waals surface area contributed by atoms with Gasteiger partial charge in [0.15, 0.2) is 0 Å². The van der Waals surface area contributed by atoms with Crippen LogP contribution in [0.5, 0.6) is 0 Å². The number of nitrogens with one attached hydrogen (secondary N) is 1. The number of hydrogen-bond donors (Lipinski definition) is 1. The summed E-state index contributed by atoms with van der Waals surface area (Å²) in [5.41, 5.74) is 5.03. The molecule has 0 fully saturated rings. The average Bonchev–Trinajstić information content (AvgIpc) is 3.52. The van der Waals surface area contributed by atoms with Crippen molar-refractivity contribution in [3.05, 3.63) is 65.3 Å². The van der Waals surface area contributed by atoms with Crippen LogP contribution in [0.15, 0.2) is 48.6 Å². The minimum atomic E-state index is -0.785. The highest BCUT2D eigenvalue weighted by Gasteiger charge is 2.56. The molecule has 1 amide bonds. The van der Waals surface area contributed by atoms with Gasteiger partial charge in [0.1, 0.15) is 0 Å². The lowest BCUT2D eigenvalue weighted by molar-refractivity contribution is -0.159. The summed E-state index contributed by atoms with van der Waals surface area (Å²) in [6.07, 6.45) is 9.32. The molecule has 7 rings (SSSR count). The number of aromatic nitrogens is 1. The van der Waals surface area contributed by atoms with E-state index in [1.165, 1.54) is 7.11 Å². The van der Waals surface area contributed by atoms with Crippen LogP contribution < -0.4 is 10.2 Å². The maximum Gasteiger partial charge on any atom is 0.313 e. The van der Waals surface area contributed by atoms with E-state index < -0.39 is 11.0 Å². The summed E-state index contributed by atoms with van der Waals surface area (Å²) in [6.45, 7) is 9.14. The van der Waals surface area contributed by atoms with E-state index in [0.717, 1.165) is 44.2 Å². The van der Waals surface area contributed by atoms with Gasteiger partial charge in [0.2, 0.25) is 0 Å². The van der Waals surface area contributed by atoms with Gasteiger partial charge in [-0.2, -0.15) is 0 Å². The number of hydrogen-bond acceptors (Lipinski definition) is 4. The minimum absolute atomic E-state index is 0.0203. The number of esters is 1. The van der Waals surface area contributed by atoms with Crippen LogP contribution in [0.3, 0.4) is 0 Å². The van der Waals surface area contributed by atoms with E-state index in [-0.39, 0.29) is 29.9 Å². The van der Waals surface area contributed by atoms with Crippen molar-refractivity contribution in [2.24, 2.45) is 5.41 Å². The third-order valence-corrected chi connectivity index (χ3v) is 9.62. The number of anilines is 1. The van der Waals surface area contributed by atoms with Gasteiger partial charge < -0.3 is 19.5 Å². The molecule has 0 spiro atoms. The monoisotopic (exact) mass is 481 g/mol. The predicted octanol–water partition coefficient (Wildman–Crippen LogP) is 5.14. The number of para-hydroxylation sites is 1. The summed E-state index contributed by atoms with van der Waals surface area (Å²) in [4.78, 5) is 29.4. The van der Waals surface area contributed by atoms with Gasteiger partial charge in [0.05, 0.1) is 40.9 Å². The van der Waals surface area contributed by atoms with Crippen LogP contribution in [-0.4, -0.2) is 35.6 Å². The molecule has 3 aliphatic heterocycles. The van der Waals surface area contributed by atoms with Crippen LogP contribution in [-0.2, 0) is 21.6 Å². The van der Waals surface area contributed by atoms with Crippen molar-refractivity contribution in [1.29, 1.82) is 0 Å². The molecule has 6 nitrogen and oxygen atoms in total. The molecule has 0 bridgehead atoms. The first-order valence-electron chi connectivity index (χ1n) is 12.8. The lowest BCUT2D eigenvalue weighted by atomic mass is 9.68. The fourth-order valence-corrected chi connectivity index (χ4v) is 7.70. The number of ether oxygens (including phenoxy) is 1. The summed E-state index contributed by atoms with van der Waals surface area (Å²) < 4.78 is 7.86. The quantitative estimate of drug-likeness (QED) is 0.489. The average molecular weight is 482 g/mol. The van der Waals surface area contributed by atoms with Gasteiger partial charge in [0, 0.05) is 40.4 Å². The third-order valence-electron chi connectivity index (χ3n) is 9.62. The van der Waals surface area contributed by atoms with E-state index in [2.05, 4.69) is 91.0 Å². The zero-order chi connectivity index (χ0) is 25.1. The molecule has 6 heteroatoms. The van der Waals surface area contributed by atoms with Crippen molar-refractivity contribution in [1.82, 2.24) is 9.88 Å². The standard InChI is InChI=1S/C30H31N3O3/c1-16-14-30(4,28(35)36-5)29(2,3)33-21-13-9-7-11-18(21)22-19-15-31-27(34)24(19)23-17-10-6-8-12-20(17)32(16)25(23)26(22)33/h6-13,16-17,20H,14-15H2,1-5H3,(H,31,34)/t16-,17?,20?,30-/m1/s1. The maximum atomic E-state index is 13.6. The normalized spacial score (nSPS) is 29.2. The number of rotatable bonds is 1. The number of nitrogens with zero attached hydrogens (tertiary/aromatic N) is 2. The van der Waals surface area contributed by atoms with Crippen LogP contribution in [0, 0.1) is 5.41 Å². The van der Waals surface area contributed by atoms with E-state index in [1.807, 2.05) is 0 Å². The van der Waals surface area contributed by atoms with Crippen molar-refractivity contribution in [3.8, 4) is 0 Å². The summed E-state index contributed by atoms with van der Waals surface area (Å²) >= 11 is 0. The van der Waals surface area contributed by atoms with Crippen molar-refractivity contribution in [3.63, 3.8) is 0 Å². The van der Waals surface area contributed by atoms with E-state index in [0.29, 0.717) is 13.0 Å². The molecule has 2 aromatic carbocycles. The highest BCUT2D eigenvalue weighted by molar-refractivity contribution is 6.20. The molecular weight excluding hydrogens is 450 g/mol. The number of carbonyl (C=O) groups excluding carboxylic acids is 2. The highest BCUT2D eigenvalue weighted by Crippen LogP contribution is 2.58. The Morgan fingerprint density at radius 2 is 1.89 bits per heavy atom. The zero-order valence-electron chi connectivity index (χ0n) is 21.4. The number of methoxy groups -OCH3 is 1. The van der Waals surface area contributed by atoms with Gasteiger partial charge in [-0.3, -0.25) is 9.59 Å². The Morgan fingerprint density at radius 3 is 2.67 bits per heavy atom. The molecule has 4 atom stereocenters. The van der Waals surface area contributed by atoms with Gasteiger partial charge in [-0.25, -0.2) is 0 Å². The van der Waals surface area contributed by atoms with Crippen LogP contribution >= 0.6 is 0 Å². The molecule has 1 N–H and O–H groups in total. The van der Waals surface area contributed by atoms with Crippen LogP contribution in [0.1, 0.15) is 61.5 Å². The topological polar surface area (TPSA) is 63.6 Å². The Labute approximate surface area is 210 Å². The Kier molecular flexibility index (Phi) is 4.11. The molecule has 1 aliphatic carbocycles. The van der Waals surface area contributed by atoms with Crippen molar-refractivity contribution >= 4 is 39.4 Å². The molecule has 36 heavy (non-hydrogen) atoms. The second-order valence-electron chi connectivity index (χ2n) is 11.5. The van der Waals surface area contributed by atoms with Gasteiger partial charge in [-0.1, -0.05) is 42.5 Å². The van der Waals surface area contributed by atoms with Crippen LogP contribution in [0.4, 0.5) is 5.69 Å². The van der Waals surface area contributed by atoms with E-state index in [9.17, 15) is 9.59 Å². The van der Waals surface area contributed by atoms with Crippen molar-refractivity contribution in [2.75, 3.05) is 12.0 Å². The lowest BCUT2D eigenvalue weighted by Crippen LogP contribution is -2.55. The Bertz CT molecular complexity index is 1580. The largest absolute Gasteiger partial charge is 0.469 e. The Hall–Kier alpha value is -3.54. The second-order valence-corrected chi connectivity index (χ2v) is 11.5. The van der Waals surface area contributed by atoms with Crippen molar-refractivity contribution in [2.45, 2.75) is 64.2 Å². The van der Waals surface area contributed by atoms with Gasteiger partial charge in [-0.15, -0.1) is 0 Å². The first-order chi connectivity index (χ1) is 17.2. The molecule has 4 heterocycles. The smallest absolute Gasteiger partial charge is 0.313 e. The molecule has 4 aliphatic rings. The van der Waals surface area contributed by atoms with E-state index in [1.54, 1.807) is 0 Å². The molecule has 0 radical (unpaired) electrons. The van der Waals surface area contributed by atoms with Gasteiger partial charge in [0.25, 0.3) is 5.91 Å². The van der Waals surface area contributed by atoms with Crippen molar-refractivity contribution < 1.29 is 14.3 Å². The van der Waals surface area contributed by atoms with E-state index >= 15 is 0 Å². The maximum absolute atomic E-state index is 13.6. The van der Waals surface area contributed by atoms with Gasteiger partial charge in [-0.05, 0) is 45.7 Å². The first-order valence-corrected chi connectivity index (χ1v) is 12.8. The molecule has 0 saturated heterocycles. The summed E-state index contributed by atoms with van der Waals surface area (Å²) in [5, 5.41) is 5.39. The highest BCUT2D eigenvalue weighted by atomic mass is 16.5. The zero-order valence-corrected chi connectivity index (χ0v) is 21.4. The minimum Gasteiger partial charge on any atom is -0.469 e. The second kappa shape index (κ2) is 6.81. The summed E-state index contributed by atoms with van der Waals surface area (Å²) in [7, 11) is 1.49. The fourth-order valence-electron chi connectivity index (χ4n) is 7.70. The van der Waals surface area contributed by atoms with Crippen LogP contribution in [0.25, 0.3) is 21.8 Å². The summed E-state index contributed by atoms with van der Waals surface area (Å²) in [6, 6.07) is 8.57.